The van der Waals surface area contributed by atoms with Gasteiger partial charge in [0.15, 0.2) is 0 Å². The molecule has 1 aromatic carbocycles. The average Bonchev–Trinajstić information content (AvgIpc) is 2.74. The molecule has 7 nitrogen and oxygen atoms in total. The largest absolute Gasteiger partial charge is 0.375 e. The Morgan fingerprint density at radius 2 is 1.93 bits per heavy atom. The molecule has 9 heteroatoms. The van der Waals surface area contributed by atoms with Crippen molar-refractivity contribution < 1.29 is 27.9 Å². The molecule has 1 heterocycles. The smallest absolute Gasteiger partial charge is 0.257 e. The van der Waals surface area contributed by atoms with Crippen molar-refractivity contribution in [3.63, 3.8) is 0 Å². The Morgan fingerprint density at radius 3 is 2.70 bits per heavy atom. The van der Waals surface area contributed by atoms with Gasteiger partial charge in [-0.05, 0) is 31.0 Å². The highest BCUT2D eigenvalue weighted by molar-refractivity contribution is 5.94. The van der Waals surface area contributed by atoms with E-state index in [4.69, 9.17) is 4.74 Å². The van der Waals surface area contributed by atoms with Crippen molar-refractivity contribution in [1.82, 2.24) is 15.1 Å². The Labute approximate surface area is 174 Å². The molecule has 2 fully saturated rings. The van der Waals surface area contributed by atoms with Gasteiger partial charge in [0, 0.05) is 39.3 Å². The van der Waals surface area contributed by atoms with Crippen molar-refractivity contribution in [2.45, 2.75) is 31.7 Å². The normalized spacial score (nSPS) is 22.8. The number of hydrogen-bond acceptors (Lipinski definition) is 4. The highest BCUT2D eigenvalue weighted by Crippen LogP contribution is 2.29. The summed E-state index contributed by atoms with van der Waals surface area (Å²) in [5.74, 6) is -2.92. The molecule has 3 rings (SSSR count). The molecule has 30 heavy (non-hydrogen) atoms. The van der Waals surface area contributed by atoms with Gasteiger partial charge in [0.1, 0.15) is 18.2 Å². The summed E-state index contributed by atoms with van der Waals surface area (Å²) in [6, 6.07) is 2.44. The monoisotopic (exact) mass is 423 g/mol. The minimum atomic E-state index is -0.817. The minimum Gasteiger partial charge on any atom is -0.375 e. The summed E-state index contributed by atoms with van der Waals surface area (Å²) in [5, 5.41) is 2.84. The van der Waals surface area contributed by atoms with Gasteiger partial charge in [-0.3, -0.25) is 14.4 Å². The highest BCUT2D eigenvalue weighted by Gasteiger charge is 2.38. The Balaban J connectivity index is 1.86. The van der Waals surface area contributed by atoms with Crippen molar-refractivity contribution in [1.29, 1.82) is 0 Å². The van der Waals surface area contributed by atoms with Gasteiger partial charge in [-0.2, -0.15) is 0 Å². The maximum absolute atomic E-state index is 14.1. The Hall–Kier alpha value is -2.55. The number of nitrogens with zero attached hydrogens (tertiary/aromatic N) is 2. The number of nitrogens with one attached hydrogen (secondary N) is 1. The van der Waals surface area contributed by atoms with Crippen LogP contribution >= 0.6 is 0 Å². The van der Waals surface area contributed by atoms with Crippen LogP contribution in [0.3, 0.4) is 0 Å². The van der Waals surface area contributed by atoms with Gasteiger partial charge in [0.25, 0.3) is 5.91 Å². The fourth-order valence-corrected chi connectivity index (χ4v) is 4.29. The van der Waals surface area contributed by atoms with E-state index in [0.717, 1.165) is 31.0 Å². The van der Waals surface area contributed by atoms with Gasteiger partial charge < -0.3 is 19.9 Å². The van der Waals surface area contributed by atoms with Gasteiger partial charge in [-0.15, -0.1) is 0 Å². The molecule has 1 saturated carbocycles. The Morgan fingerprint density at radius 1 is 1.17 bits per heavy atom. The van der Waals surface area contributed by atoms with Crippen LogP contribution in [0, 0.1) is 17.6 Å². The number of amides is 3. The number of halogens is 2. The predicted molar refractivity (Wildman–Crippen MR) is 105 cm³/mol. The zero-order valence-electron chi connectivity index (χ0n) is 17.0. The molecular formula is C21H27F2N3O4. The molecule has 1 aliphatic heterocycles. The second kappa shape index (κ2) is 9.97. The third-order valence-corrected chi connectivity index (χ3v) is 5.79. The number of fused-ring (bicyclic) bond motifs is 1. The summed E-state index contributed by atoms with van der Waals surface area (Å²) in [6.45, 7) is 0.543. The van der Waals surface area contributed by atoms with Crippen LogP contribution in [0.2, 0.25) is 0 Å². The van der Waals surface area contributed by atoms with Gasteiger partial charge in [-0.25, -0.2) is 8.78 Å². The van der Waals surface area contributed by atoms with Crippen molar-refractivity contribution >= 4 is 17.7 Å². The van der Waals surface area contributed by atoms with E-state index in [1.54, 1.807) is 4.90 Å². The molecule has 164 valence electrons. The van der Waals surface area contributed by atoms with E-state index < -0.39 is 17.5 Å². The van der Waals surface area contributed by atoms with Crippen molar-refractivity contribution in [2.24, 2.45) is 5.92 Å². The lowest BCUT2D eigenvalue weighted by Crippen LogP contribution is -2.56. The first kappa shape index (κ1) is 22.1. The van der Waals surface area contributed by atoms with Crippen LogP contribution in [0.4, 0.5) is 8.78 Å². The first-order valence-corrected chi connectivity index (χ1v) is 10.2. The SMILES string of the molecule is COCC(=O)N1CCN(C(=O)c2cc(F)ccc2F)CCNC(=O)[C@H]2CCCC[C@H]21. The topological polar surface area (TPSA) is 79.0 Å². The summed E-state index contributed by atoms with van der Waals surface area (Å²) in [5.41, 5.74) is -0.372. The van der Waals surface area contributed by atoms with Crippen molar-refractivity contribution in [2.75, 3.05) is 39.9 Å². The fourth-order valence-electron chi connectivity index (χ4n) is 4.29. The molecule has 1 aromatic rings. The van der Waals surface area contributed by atoms with E-state index in [0.29, 0.717) is 12.8 Å². The van der Waals surface area contributed by atoms with E-state index >= 15 is 0 Å². The van der Waals surface area contributed by atoms with Crippen LogP contribution < -0.4 is 5.32 Å². The molecule has 1 saturated heterocycles. The number of methoxy groups -OCH3 is 1. The number of carbonyl (C=O) groups excluding carboxylic acids is 3. The standard InChI is InChI=1S/C21H27F2N3O4/c1-30-13-19(27)26-11-10-25(21(29)16-12-14(22)6-7-17(16)23)9-8-24-20(28)15-4-2-3-5-18(15)26/h6-7,12,15,18H,2-5,8-11,13H2,1H3,(H,24,28)/t15-,18+/m0/s1. The molecular weight excluding hydrogens is 396 g/mol. The predicted octanol–water partition coefficient (Wildman–Crippen LogP) is 1.57. The summed E-state index contributed by atoms with van der Waals surface area (Å²) in [6.07, 6.45) is 3.22. The number of ether oxygens (including phenoxy) is 1. The van der Waals surface area contributed by atoms with Crippen LogP contribution in [0.25, 0.3) is 0 Å². The van der Waals surface area contributed by atoms with E-state index in [1.807, 2.05) is 0 Å². The third-order valence-electron chi connectivity index (χ3n) is 5.79. The van der Waals surface area contributed by atoms with Crippen LogP contribution in [-0.4, -0.2) is 73.5 Å². The first-order chi connectivity index (χ1) is 14.4. The summed E-state index contributed by atoms with van der Waals surface area (Å²) < 4.78 is 32.7. The van der Waals surface area contributed by atoms with Crippen LogP contribution in [0.5, 0.6) is 0 Å². The fraction of sp³-hybridized carbons (Fsp3) is 0.571. The maximum Gasteiger partial charge on any atom is 0.257 e. The minimum absolute atomic E-state index is 0.128. The summed E-state index contributed by atoms with van der Waals surface area (Å²) in [4.78, 5) is 41.3. The van der Waals surface area contributed by atoms with E-state index in [-0.39, 0.29) is 62.1 Å². The molecule has 0 unspecified atom stereocenters. The second-order valence-electron chi connectivity index (χ2n) is 7.69. The lowest BCUT2D eigenvalue weighted by molar-refractivity contribution is -0.142. The molecule has 1 aliphatic carbocycles. The Kier molecular flexibility index (Phi) is 7.36. The van der Waals surface area contributed by atoms with Crippen LogP contribution in [-0.2, 0) is 14.3 Å². The van der Waals surface area contributed by atoms with Gasteiger partial charge >= 0.3 is 0 Å². The molecule has 2 atom stereocenters. The molecule has 0 radical (unpaired) electrons. The highest BCUT2D eigenvalue weighted by atomic mass is 19.1. The molecule has 2 aliphatic rings. The molecule has 3 amide bonds. The lowest BCUT2D eigenvalue weighted by atomic mass is 9.82. The molecule has 1 N–H and O–H groups in total. The summed E-state index contributed by atoms with van der Waals surface area (Å²) >= 11 is 0. The van der Waals surface area contributed by atoms with E-state index in [9.17, 15) is 23.2 Å². The first-order valence-electron chi connectivity index (χ1n) is 10.2. The quantitative estimate of drug-likeness (QED) is 0.801. The van der Waals surface area contributed by atoms with Crippen molar-refractivity contribution in [3.05, 3.63) is 35.4 Å². The average molecular weight is 423 g/mol. The van der Waals surface area contributed by atoms with E-state index in [2.05, 4.69) is 5.32 Å². The van der Waals surface area contributed by atoms with Crippen LogP contribution in [0.15, 0.2) is 18.2 Å². The van der Waals surface area contributed by atoms with E-state index in [1.165, 1.54) is 12.0 Å². The maximum atomic E-state index is 14.1. The summed E-state index contributed by atoms with van der Waals surface area (Å²) in [7, 11) is 1.42. The van der Waals surface area contributed by atoms with Gasteiger partial charge in [-0.1, -0.05) is 12.8 Å². The van der Waals surface area contributed by atoms with Crippen LogP contribution in [0.1, 0.15) is 36.0 Å². The molecule has 0 bridgehead atoms. The molecule has 0 aromatic heterocycles. The molecule has 0 spiro atoms. The zero-order chi connectivity index (χ0) is 21.7. The number of rotatable bonds is 3. The Bertz CT molecular complexity index is 804. The third kappa shape index (κ3) is 4.95. The zero-order valence-corrected chi connectivity index (χ0v) is 17.0. The number of benzene rings is 1. The van der Waals surface area contributed by atoms with Gasteiger partial charge in [0.2, 0.25) is 11.8 Å². The lowest BCUT2D eigenvalue weighted by Gasteiger charge is -2.41. The van der Waals surface area contributed by atoms with Crippen molar-refractivity contribution in [3.8, 4) is 0 Å². The number of hydrogen-bond donors (Lipinski definition) is 1. The van der Waals surface area contributed by atoms with Gasteiger partial charge in [0.05, 0.1) is 11.5 Å². The second-order valence-corrected chi connectivity index (χ2v) is 7.69. The number of carbonyl (C=O) groups is 3.